The Morgan fingerprint density at radius 1 is 1.46 bits per heavy atom. The lowest BCUT2D eigenvalue weighted by atomic mass is 10.00. The second-order valence-corrected chi connectivity index (χ2v) is 8.56. The molecule has 1 saturated heterocycles. The van der Waals surface area contributed by atoms with Gasteiger partial charge >= 0.3 is 5.97 Å². The number of amides is 1. The first kappa shape index (κ1) is 17.2. The molecule has 0 spiro atoms. The molecule has 5 nitrogen and oxygen atoms in total. The lowest BCUT2D eigenvalue weighted by molar-refractivity contribution is -0.141. The third-order valence-electron chi connectivity index (χ3n) is 3.84. The molecule has 2 aliphatic heterocycles. The topological polar surface area (TPSA) is 59.0 Å². The molecule has 2 aliphatic rings. The Morgan fingerprint density at radius 2 is 2.21 bits per heavy atom. The molecule has 1 aromatic heterocycles. The molecule has 3 heterocycles. The van der Waals surface area contributed by atoms with E-state index in [1.165, 1.54) is 23.1 Å². The summed E-state index contributed by atoms with van der Waals surface area (Å²) in [5, 5.41) is 2.43. The highest BCUT2D eigenvalue weighted by molar-refractivity contribution is 8.15. The van der Waals surface area contributed by atoms with Crippen LogP contribution >= 0.6 is 23.1 Å². The fourth-order valence-corrected chi connectivity index (χ4v) is 4.55. The van der Waals surface area contributed by atoms with Crippen LogP contribution in [0.2, 0.25) is 0 Å². The number of rotatable bonds is 4. The summed E-state index contributed by atoms with van der Waals surface area (Å²) >= 11 is 2.97. The van der Waals surface area contributed by atoms with E-state index in [0.717, 1.165) is 4.88 Å². The Hall–Kier alpha value is -1.60. The molecule has 0 aliphatic carbocycles. The zero-order chi connectivity index (χ0) is 17.4. The maximum Gasteiger partial charge on any atom is 0.338 e. The van der Waals surface area contributed by atoms with Gasteiger partial charge in [-0.3, -0.25) is 9.69 Å². The van der Waals surface area contributed by atoms with E-state index in [4.69, 9.17) is 4.74 Å². The van der Waals surface area contributed by atoms with Crippen molar-refractivity contribution >= 4 is 40.1 Å². The van der Waals surface area contributed by atoms with E-state index in [9.17, 15) is 9.59 Å². The van der Waals surface area contributed by atoms with E-state index >= 15 is 0 Å². The third kappa shape index (κ3) is 3.02. The van der Waals surface area contributed by atoms with E-state index in [0.29, 0.717) is 23.0 Å². The summed E-state index contributed by atoms with van der Waals surface area (Å²) in [6, 6.07) is 3.43. The normalized spacial score (nSPS) is 23.6. The van der Waals surface area contributed by atoms with Crippen LogP contribution in [-0.2, 0) is 14.3 Å². The summed E-state index contributed by atoms with van der Waals surface area (Å²) in [6.07, 6.45) is 0. The Kier molecular flexibility index (Phi) is 4.83. The van der Waals surface area contributed by atoms with Crippen LogP contribution in [0.3, 0.4) is 0 Å². The van der Waals surface area contributed by atoms with Crippen LogP contribution in [-0.4, -0.2) is 33.8 Å². The number of carbonyl (C=O) groups is 2. The van der Waals surface area contributed by atoms with Crippen molar-refractivity contribution in [2.75, 3.05) is 6.61 Å². The molecular weight excluding hydrogens is 344 g/mol. The van der Waals surface area contributed by atoms with Gasteiger partial charge in [-0.2, -0.15) is 0 Å². The predicted octanol–water partition coefficient (Wildman–Crippen LogP) is 3.60. The van der Waals surface area contributed by atoms with Gasteiger partial charge in [0.25, 0.3) is 0 Å². The van der Waals surface area contributed by atoms with Crippen LogP contribution in [0.1, 0.15) is 38.6 Å². The first-order chi connectivity index (χ1) is 11.4. The molecule has 0 radical (unpaired) electrons. The van der Waals surface area contributed by atoms with Crippen molar-refractivity contribution in [3.05, 3.63) is 33.7 Å². The van der Waals surface area contributed by atoms with Gasteiger partial charge in [-0.25, -0.2) is 9.79 Å². The van der Waals surface area contributed by atoms with Gasteiger partial charge in [0, 0.05) is 4.88 Å². The molecule has 0 N–H and O–H groups in total. The predicted molar refractivity (Wildman–Crippen MR) is 96.9 cm³/mol. The summed E-state index contributed by atoms with van der Waals surface area (Å²) in [7, 11) is 0. The van der Waals surface area contributed by atoms with Crippen molar-refractivity contribution in [2.24, 2.45) is 10.9 Å². The van der Waals surface area contributed by atoms with E-state index < -0.39 is 6.04 Å². The van der Waals surface area contributed by atoms with E-state index in [1.54, 1.807) is 4.90 Å². The molecule has 24 heavy (non-hydrogen) atoms. The minimum atomic E-state index is -0.442. The van der Waals surface area contributed by atoms with Crippen molar-refractivity contribution in [1.82, 2.24) is 4.90 Å². The first-order valence-corrected chi connectivity index (χ1v) is 9.65. The first-order valence-electron chi connectivity index (χ1n) is 7.89. The minimum absolute atomic E-state index is 0.0150. The third-order valence-corrected chi connectivity index (χ3v) is 5.82. The van der Waals surface area contributed by atoms with E-state index in [1.807, 2.05) is 45.2 Å². The van der Waals surface area contributed by atoms with Crippen LogP contribution in [0.25, 0.3) is 0 Å². The molecule has 7 heteroatoms. The van der Waals surface area contributed by atoms with Gasteiger partial charge in [0.1, 0.15) is 6.04 Å². The second kappa shape index (κ2) is 6.72. The highest BCUT2D eigenvalue weighted by Gasteiger charge is 2.46. The number of thiophene rings is 1. The molecule has 1 aromatic rings. The number of nitrogens with zero attached hydrogens (tertiary/aromatic N) is 2. The van der Waals surface area contributed by atoms with Crippen LogP contribution < -0.4 is 0 Å². The number of carbonyl (C=O) groups excluding carboxylic acids is 2. The van der Waals surface area contributed by atoms with Crippen LogP contribution in [0, 0.1) is 5.92 Å². The standard InChI is InChI=1S/C17H20N2O3S2/c1-9(2)8-22-16(21)13-10(3)18-17-19(15(20)11(4)24-17)14(13)12-6-5-7-23-12/h5-7,9,11,14H,8H2,1-4H3. The summed E-state index contributed by atoms with van der Waals surface area (Å²) in [5.41, 5.74) is 1.09. The molecule has 3 rings (SSSR count). The van der Waals surface area contributed by atoms with Gasteiger partial charge in [-0.05, 0) is 31.2 Å². The number of esters is 1. The van der Waals surface area contributed by atoms with Gasteiger partial charge < -0.3 is 4.74 Å². The number of hydrogen-bond donors (Lipinski definition) is 0. The van der Waals surface area contributed by atoms with Crippen LogP contribution in [0.4, 0.5) is 0 Å². The van der Waals surface area contributed by atoms with Gasteiger partial charge in [-0.1, -0.05) is 31.7 Å². The Bertz CT molecular complexity index is 722. The summed E-state index contributed by atoms with van der Waals surface area (Å²) in [6.45, 7) is 8.01. The minimum Gasteiger partial charge on any atom is -0.462 e. The fraction of sp³-hybridized carbons (Fsp3) is 0.471. The number of fused-ring (bicyclic) bond motifs is 1. The van der Waals surface area contributed by atoms with Crippen molar-refractivity contribution in [3.8, 4) is 0 Å². The smallest absolute Gasteiger partial charge is 0.338 e. The van der Waals surface area contributed by atoms with Crippen molar-refractivity contribution in [1.29, 1.82) is 0 Å². The number of hydrogen-bond acceptors (Lipinski definition) is 6. The maximum atomic E-state index is 12.7. The number of allylic oxidation sites excluding steroid dienone is 1. The molecule has 2 atom stereocenters. The quantitative estimate of drug-likeness (QED) is 0.766. The molecular formula is C17H20N2O3S2. The van der Waals surface area contributed by atoms with Gasteiger partial charge in [-0.15, -0.1) is 11.3 Å². The van der Waals surface area contributed by atoms with Gasteiger partial charge in [0.15, 0.2) is 5.17 Å². The van der Waals surface area contributed by atoms with Gasteiger partial charge in [0.05, 0.1) is 23.1 Å². The summed E-state index contributed by atoms with van der Waals surface area (Å²) in [5.74, 6) is -0.153. The molecule has 1 amide bonds. The molecule has 0 bridgehead atoms. The summed E-state index contributed by atoms with van der Waals surface area (Å²) < 4.78 is 5.45. The highest BCUT2D eigenvalue weighted by atomic mass is 32.2. The molecule has 2 unspecified atom stereocenters. The zero-order valence-electron chi connectivity index (χ0n) is 14.1. The van der Waals surface area contributed by atoms with Crippen LogP contribution in [0.5, 0.6) is 0 Å². The molecule has 1 fully saturated rings. The molecule has 0 aromatic carbocycles. The molecule has 128 valence electrons. The lowest BCUT2D eigenvalue weighted by Gasteiger charge is -2.32. The average Bonchev–Trinajstić information content (AvgIpc) is 3.13. The van der Waals surface area contributed by atoms with Gasteiger partial charge in [0.2, 0.25) is 5.91 Å². The SMILES string of the molecule is CC1=C(C(=O)OCC(C)C)C(c2cccs2)N2C(=O)C(C)SC2=N1. The largest absolute Gasteiger partial charge is 0.462 e. The van der Waals surface area contributed by atoms with Crippen molar-refractivity contribution < 1.29 is 14.3 Å². The number of thioether (sulfide) groups is 1. The van der Waals surface area contributed by atoms with E-state index in [-0.39, 0.29) is 23.0 Å². The highest BCUT2D eigenvalue weighted by Crippen LogP contribution is 2.44. The fourth-order valence-electron chi connectivity index (χ4n) is 2.70. The van der Waals surface area contributed by atoms with Crippen molar-refractivity contribution in [3.63, 3.8) is 0 Å². The van der Waals surface area contributed by atoms with Crippen LogP contribution in [0.15, 0.2) is 33.8 Å². The zero-order valence-corrected chi connectivity index (χ0v) is 15.7. The maximum absolute atomic E-state index is 12.7. The monoisotopic (exact) mass is 364 g/mol. The number of amidine groups is 1. The Labute approximate surface area is 149 Å². The average molecular weight is 364 g/mol. The Balaban J connectivity index is 2.03. The van der Waals surface area contributed by atoms with Crippen molar-refractivity contribution in [2.45, 2.75) is 39.0 Å². The Morgan fingerprint density at radius 3 is 2.83 bits per heavy atom. The lowest BCUT2D eigenvalue weighted by Crippen LogP contribution is -2.40. The second-order valence-electron chi connectivity index (χ2n) is 6.27. The summed E-state index contributed by atoms with van der Waals surface area (Å²) in [4.78, 5) is 32.4. The number of ether oxygens (including phenoxy) is 1. The van der Waals surface area contributed by atoms with E-state index in [2.05, 4.69) is 4.99 Å². The molecule has 0 saturated carbocycles. The number of aliphatic imine (C=N–C) groups is 1.